The van der Waals surface area contributed by atoms with Gasteiger partial charge in [-0.15, -0.1) is 0 Å². The second-order valence-corrected chi connectivity index (χ2v) is 9.75. The van der Waals surface area contributed by atoms with Crippen LogP contribution in [0.25, 0.3) is 0 Å². The van der Waals surface area contributed by atoms with Crippen LogP contribution in [0.5, 0.6) is 5.75 Å². The Bertz CT molecular complexity index is 1130. The fourth-order valence-corrected chi connectivity index (χ4v) is 5.60. The van der Waals surface area contributed by atoms with Gasteiger partial charge in [0.05, 0.1) is 19.1 Å². The molecule has 9 nitrogen and oxygen atoms in total. The fourth-order valence-electron chi connectivity index (χ4n) is 5.60. The van der Waals surface area contributed by atoms with Gasteiger partial charge in [0.25, 0.3) is 11.5 Å². The van der Waals surface area contributed by atoms with Crippen molar-refractivity contribution in [2.75, 3.05) is 39.9 Å². The summed E-state index contributed by atoms with van der Waals surface area (Å²) in [6.45, 7) is 3.22. The number of amides is 1. The fraction of sp³-hybridized carbons (Fsp3) is 0.500. The molecule has 3 atom stereocenters. The molecule has 1 aromatic carbocycles. The van der Waals surface area contributed by atoms with E-state index in [2.05, 4.69) is 11.4 Å². The summed E-state index contributed by atoms with van der Waals surface area (Å²) in [6.07, 6.45) is 1.67. The molecule has 9 heteroatoms. The number of rotatable bonds is 5. The predicted octanol–water partition coefficient (Wildman–Crippen LogP) is 1.26. The average molecular weight is 484 g/mol. The summed E-state index contributed by atoms with van der Waals surface area (Å²) in [4.78, 5) is 37.2. The van der Waals surface area contributed by atoms with E-state index in [1.54, 1.807) is 13.2 Å². The van der Waals surface area contributed by atoms with Crippen molar-refractivity contribution in [2.45, 2.75) is 31.7 Å². The van der Waals surface area contributed by atoms with Gasteiger partial charge in [-0.2, -0.15) is 0 Å². The minimum atomic E-state index is -0.833. The molecule has 0 aliphatic carbocycles. The summed E-state index contributed by atoms with van der Waals surface area (Å²) in [5.74, 6) is 0.331. The van der Waals surface area contributed by atoms with Gasteiger partial charge >= 0.3 is 0 Å². The van der Waals surface area contributed by atoms with Crippen molar-refractivity contribution < 1.29 is 24.5 Å². The summed E-state index contributed by atoms with van der Waals surface area (Å²) >= 11 is 0. The number of aliphatic hydroxyl groups is 1. The smallest absolute Gasteiger partial charge is 0.300 e. The normalized spacial score (nSPS) is 23.7. The van der Waals surface area contributed by atoms with Crippen molar-refractivity contribution in [1.29, 1.82) is 0 Å². The van der Waals surface area contributed by atoms with Gasteiger partial charge in [-0.1, -0.05) is 18.2 Å². The van der Waals surface area contributed by atoms with Gasteiger partial charge in [0.2, 0.25) is 5.91 Å². The van der Waals surface area contributed by atoms with Crippen LogP contribution in [0.1, 0.15) is 36.6 Å². The Kier molecular flexibility index (Phi) is 7.28. The van der Waals surface area contributed by atoms with E-state index in [0.717, 1.165) is 30.4 Å². The first-order valence-corrected chi connectivity index (χ1v) is 11.9. The first kappa shape index (κ1) is 24.9. The highest BCUT2D eigenvalue weighted by Gasteiger charge is 2.49. The standard InChI is InChI=1S/C24H29N3O4.C2H4O2/c1-31-19-5-2-4-16(8-19)9-21-18-10-17(20-6-3-7-22(29)27(20)21)11-26(12-18)23(30)24(15-28)13-25-14-24;1-2(3)4/h2-8,17-18,21,25,28H,9-15H2,1H3;1H3,(H,3,4)/t17-,18+,21+;/m1./s1. The van der Waals surface area contributed by atoms with Crippen molar-refractivity contribution in [1.82, 2.24) is 14.8 Å². The molecule has 1 amide bonds. The summed E-state index contributed by atoms with van der Waals surface area (Å²) in [5, 5.41) is 20.4. The van der Waals surface area contributed by atoms with Gasteiger partial charge in [-0.05, 0) is 42.5 Å². The lowest BCUT2D eigenvalue weighted by Gasteiger charge is -2.50. The Balaban J connectivity index is 0.000000672. The third-order valence-corrected chi connectivity index (χ3v) is 7.35. The van der Waals surface area contributed by atoms with Gasteiger partial charge in [-0.25, -0.2) is 0 Å². The van der Waals surface area contributed by atoms with Gasteiger partial charge in [0.15, 0.2) is 0 Å². The van der Waals surface area contributed by atoms with Gasteiger partial charge in [0, 0.05) is 56.8 Å². The number of ether oxygens (including phenoxy) is 1. The molecule has 188 valence electrons. The maximum Gasteiger partial charge on any atom is 0.300 e. The topological polar surface area (TPSA) is 121 Å². The van der Waals surface area contributed by atoms with Crippen molar-refractivity contribution in [3.8, 4) is 5.75 Å². The lowest BCUT2D eigenvalue weighted by molar-refractivity contribution is -0.151. The minimum Gasteiger partial charge on any atom is -0.497 e. The summed E-state index contributed by atoms with van der Waals surface area (Å²) in [5.41, 5.74) is 1.46. The number of piperidine rings is 1. The predicted molar refractivity (Wildman–Crippen MR) is 130 cm³/mol. The number of likely N-dealkylation sites (tertiary alicyclic amines) is 1. The Morgan fingerprint density at radius 1 is 1.17 bits per heavy atom. The van der Waals surface area contributed by atoms with E-state index in [1.807, 2.05) is 39.8 Å². The zero-order chi connectivity index (χ0) is 25.2. The molecular weight excluding hydrogens is 450 g/mol. The lowest BCUT2D eigenvalue weighted by Crippen LogP contribution is -2.65. The molecule has 3 aliphatic rings. The first-order valence-electron chi connectivity index (χ1n) is 11.9. The second kappa shape index (κ2) is 10.2. The van der Waals surface area contributed by atoms with Crippen LogP contribution in [0.15, 0.2) is 47.3 Å². The number of carbonyl (C=O) groups is 2. The van der Waals surface area contributed by atoms with Crippen molar-refractivity contribution in [3.63, 3.8) is 0 Å². The van der Waals surface area contributed by atoms with Crippen molar-refractivity contribution in [2.24, 2.45) is 11.3 Å². The van der Waals surface area contributed by atoms with E-state index in [-0.39, 0.29) is 36.0 Å². The highest BCUT2D eigenvalue weighted by atomic mass is 16.5. The summed E-state index contributed by atoms with van der Waals surface area (Å²) in [6, 6.07) is 13.4. The molecular formula is C26H33N3O6. The van der Waals surface area contributed by atoms with Gasteiger partial charge < -0.3 is 29.7 Å². The van der Waals surface area contributed by atoms with Crippen LogP contribution in [0, 0.1) is 11.3 Å². The Morgan fingerprint density at radius 3 is 2.51 bits per heavy atom. The molecule has 0 saturated carbocycles. The lowest BCUT2D eigenvalue weighted by atomic mass is 9.74. The number of hydrogen-bond acceptors (Lipinski definition) is 6. The second-order valence-electron chi connectivity index (χ2n) is 9.75. The van der Waals surface area contributed by atoms with Gasteiger partial charge in [0.1, 0.15) is 5.75 Å². The third kappa shape index (κ3) is 4.97. The number of carboxylic acids is 1. The van der Waals surface area contributed by atoms with Crippen LogP contribution in [-0.2, 0) is 16.0 Å². The molecule has 2 saturated heterocycles. The number of fused-ring (bicyclic) bond motifs is 4. The maximum absolute atomic E-state index is 13.3. The first-order chi connectivity index (χ1) is 16.8. The van der Waals surface area contributed by atoms with Crippen LogP contribution in [-0.4, -0.2) is 71.5 Å². The van der Waals surface area contributed by atoms with E-state index in [4.69, 9.17) is 14.6 Å². The number of hydrogen-bond donors (Lipinski definition) is 3. The van der Waals surface area contributed by atoms with E-state index in [0.29, 0.717) is 32.6 Å². The molecule has 1 aromatic heterocycles. The Hall–Kier alpha value is -3.17. The number of aromatic nitrogens is 1. The van der Waals surface area contributed by atoms with Crippen LogP contribution in [0.2, 0.25) is 0 Å². The van der Waals surface area contributed by atoms with Crippen LogP contribution >= 0.6 is 0 Å². The quantitative estimate of drug-likeness (QED) is 0.585. The number of aliphatic carboxylic acids is 1. The van der Waals surface area contributed by atoms with Crippen molar-refractivity contribution in [3.05, 3.63) is 64.1 Å². The summed E-state index contributed by atoms with van der Waals surface area (Å²) in [7, 11) is 1.65. The maximum atomic E-state index is 13.3. The zero-order valence-corrected chi connectivity index (χ0v) is 20.1. The minimum absolute atomic E-state index is 0.0211. The number of pyridine rings is 1. The third-order valence-electron chi connectivity index (χ3n) is 7.35. The van der Waals surface area contributed by atoms with Crippen LogP contribution < -0.4 is 15.6 Å². The molecule has 0 spiro atoms. The molecule has 3 aliphatic heterocycles. The number of nitrogens with one attached hydrogen (secondary N) is 1. The molecule has 35 heavy (non-hydrogen) atoms. The summed E-state index contributed by atoms with van der Waals surface area (Å²) < 4.78 is 7.35. The average Bonchev–Trinajstić information content (AvgIpc) is 2.81. The largest absolute Gasteiger partial charge is 0.497 e. The van der Waals surface area contributed by atoms with E-state index in [9.17, 15) is 14.7 Å². The zero-order valence-electron chi connectivity index (χ0n) is 20.1. The monoisotopic (exact) mass is 483 g/mol. The molecule has 0 unspecified atom stereocenters. The number of benzene rings is 1. The van der Waals surface area contributed by atoms with Crippen LogP contribution in [0.3, 0.4) is 0 Å². The van der Waals surface area contributed by atoms with Gasteiger partial charge in [-0.3, -0.25) is 14.4 Å². The van der Waals surface area contributed by atoms with Crippen LogP contribution in [0.4, 0.5) is 0 Å². The number of nitrogens with zero attached hydrogens (tertiary/aromatic N) is 2. The van der Waals surface area contributed by atoms with E-state index >= 15 is 0 Å². The SMILES string of the molecule is CC(=O)O.COc1cccc(C[C@H]2[C@H]3C[C@H](CN(C(=O)C4(CO)CNC4)C3)c3cccc(=O)n32)c1. The number of aliphatic hydroxyl groups excluding tert-OH is 1. The highest BCUT2D eigenvalue weighted by molar-refractivity contribution is 5.84. The van der Waals surface area contributed by atoms with Crippen molar-refractivity contribution >= 4 is 11.9 Å². The molecule has 3 N–H and O–H groups in total. The molecule has 2 aromatic rings. The number of methoxy groups -OCH3 is 1. The molecule has 0 radical (unpaired) electrons. The van der Waals surface area contributed by atoms with E-state index < -0.39 is 11.4 Å². The molecule has 4 heterocycles. The Morgan fingerprint density at radius 2 is 1.89 bits per heavy atom. The molecule has 5 rings (SSSR count). The van der Waals surface area contributed by atoms with E-state index in [1.165, 1.54) is 0 Å². The molecule has 2 bridgehead atoms. The Labute approximate surface area is 204 Å². The number of carboxylic acid groups (broad SMARTS) is 1. The number of carbonyl (C=O) groups excluding carboxylic acids is 1. The molecule has 2 fully saturated rings. The highest BCUT2D eigenvalue weighted by Crippen LogP contribution is 2.43.